The predicted molar refractivity (Wildman–Crippen MR) is 112 cm³/mol. The maximum Gasteiger partial charge on any atom is 0.247 e. The van der Waals surface area contributed by atoms with Crippen LogP contribution in [0.4, 0.5) is 27.5 Å². The minimum atomic E-state index is -0.178. The van der Waals surface area contributed by atoms with Crippen LogP contribution in [0, 0.1) is 5.82 Å². The van der Waals surface area contributed by atoms with Crippen LogP contribution in [-0.2, 0) is 6.42 Å². The number of para-hydroxylation sites is 2. The van der Waals surface area contributed by atoms with Crippen LogP contribution >= 0.6 is 0 Å². The lowest BCUT2D eigenvalue weighted by Crippen LogP contribution is -2.47. The molecule has 0 aliphatic carbocycles. The second kappa shape index (κ2) is 7.31. The minimum Gasteiger partial charge on any atom is -0.366 e. The van der Waals surface area contributed by atoms with Crippen molar-refractivity contribution in [2.24, 2.45) is 0 Å². The highest BCUT2D eigenvalue weighted by molar-refractivity contribution is 5.68. The molecule has 0 radical (unpaired) electrons. The third-order valence-electron chi connectivity index (χ3n) is 5.74. The predicted octanol–water partition coefficient (Wildman–Crippen LogP) is 3.42. The average molecular weight is 390 g/mol. The van der Waals surface area contributed by atoms with Crippen molar-refractivity contribution in [1.82, 2.24) is 15.2 Å². The molecule has 3 aromatic rings. The Morgan fingerprint density at radius 1 is 0.897 bits per heavy atom. The smallest absolute Gasteiger partial charge is 0.247 e. The molecule has 2 aliphatic rings. The number of aromatic nitrogens is 3. The Labute approximate surface area is 169 Å². The average Bonchev–Trinajstić information content (AvgIpc) is 3.10. The van der Waals surface area contributed by atoms with Gasteiger partial charge in [-0.3, -0.25) is 0 Å². The van der Waals surface area contributed by atoms with E-state index >= 15 is 0 Å². The van der Waals surface area contributed by atoms with Crippen LogP contribution in [-0.4, -0.2) is 47.4 Å². The zero-order valence-electron chi connectivity index (χ0n) is 16.4. The standard InChI is InChI=1S/C22H23FN6/c1-16-14-17-6-2-4-8-19(17)29(16)21-15-24-26-22(25-21)28-12-10-27(11-13-28)20-9-5-3-7-18(20)23/h2-9,15-16H,10-14H2,1H3. The third kappa shape index (κ3) is 3.26. The lowest BCUT2D eigenvalue weighted by Gasteiger charge is -2.36. The molecule has 7 heteroatoms. The molecule has 29 heavy (non-hydrogen) atoms. The van der Waals surface area contributed by atoms with Crippen LogP contribution in [0.3, 0.4) is 0 Å². The zero-order valence-corrected chi connectivity index (χ0v) is 16.4. The Morgan fingerprint density at radius 3 is 2.38 bits per heavy atom. The molecule has 1 fully saturated rings. The van der Waals surface area contributed by atoms with Gasteiger partial charge in [0.1, 0.15) is 5.82 Å². The van der Waals surface area contributed by atoms with E-state index in [1.165, 1.54) is 17.3 Å². The summed E-state index contributed by atoms with van der Waals surface area (Å²) < 4.78 is 14.1. The Balaban J connectivity index is 1.35. The summed E-state index contributed by atoms with van der Waals surface area (Å²) in [5.41, 5.74) is 3.18. The summed E-state index contributed by atoms with van der Waals surface area (Å²) in [5, 5.41) is 8.51. The van der Waals surface area contributed by atoms with Gasteiger partial charge in [0.05, 0.1) is 11.9 Å². The number of anilines is 4. The first-order valence-corrected chi connectivity index (χ1v) is 10.0. The SMILES string of the molecule is CC1Cc2ccccc2N1c1cnnc(N2CCN(c3ccccc3F)CC2)n1. The summed E-state index contributed by atoms with van der Waals surface area (Å²) in [7, 11) is 0. The minimum absolute atomic E-state index is 0.178. The van der Waals surface area contributed by atoms with Gasteiger partial charge in [-0.1, -0.05) is 30.3 Å². The van der Waals surface area contributed by atoms with E-state index in [-0.39, 0.29) is 5.82 Å². The number of hydrogen-bond acceptors (Lipinski definition) is 6. The van der Waals surface area contributed by atoms with Crippen molar-refractivity contribution >= 4 is 23.1 Å². The largest absolute Gasteiger partial charge is 0.366 e. The molecule has 0 saturated carbocycles. The summed E-state index contributed by atoms with van der Waals surface area (Å²) in [6.45, 7) is 5.10. The highest BCUT2D eigenvalue weighted by Crippen LogP contribution is 2.37. The first-order chi connectivity index (χ1) is 14.2. The van der Waals surface area contributed by atoms with Gasteiger partial charge in [-0.25, -0.2) is 4.39 Å². The Kier molecular flexibility index (Phi) is 4.50. The van der Waals surface area contributed by atoms with Crippen molar-refractivity contribution in [3.05, 3.63) is 66.1 Å². The number of fused-ring (bicyclic) bond motifs is 1. The highest BCUT2D eigenvalue weighted by Gasteiger charge is 2.29. The normalized spacial score (nSPS) is 18.8. The second-order valence-electron chi connectivity index (χ2n) is 7.59. The van der Waals surface area contributed by atoms with Gasteiger partial charge in [0.25, 0.3) is 0 Å². The molecule has 3 heterocycles. The lowest BCUT2D eigenvalue weighted by molar-refractivity contribution is 0.592. The molecular weight excluding hydrogens is 367 g/mol. The van der Waals surface area contributed by atoms with Crippen molar-refractivity contribution in [2.75, 3.05) is 40.9 Å². The monoisotopic (exact) mass is 390 g/mol. The molecule has 2 aliphatic heterocycles. The van der Waals surface area contributed by atoms with E-state index in [9.17, 15) is 4.39 Å². The van der Waals surface area contributed by atoms with E-state index in [1.807, 2.05) is 12.1 Å². The van der Waals surface area contributed by atoms with E-state index in [4.69, 9.17) is 4.98 Å². The van der Waals surface area contributed by atoms with Gasteiger partial charge >= 0.3 is 0 Å². The molecular formula is C22H23FN6. The molecule has 0 bridgehead atoms. The molecule has 0 amide bonds. The van der Waals surface area contributed by atoms with Crippen molar-refractivity contribution in [3.8, 4) is 0 Å². The molecule has 1 atom stereocenters. The molecule has 1 aromatic heterocycles. The molecule has 6 nitrogen and oxygen atoms in total. The number of hydrogen-bond donors (Lipinski definition) is 0. The molecule has 0 spiro atoms. The summed E-state index contributed by atoms with van der Waals surface area (Å²) >= 11 is 0. The summed E-state index contributed by atoms with van der Waals surface area (Å²) in [5.74, 6) is 1.28. The molecule has 0 N–H and O–H groups in total. The van der Waals surface area contributed by atoms with E-state index in [0.29, 0.717) is 17.7 Å². The van der Waals surface area contributed by atoms with Crippen LogP contribution in [0.2, 0.25) is 0 Å². The molecule has 2 aromatic carbocycles. The number of rotatable bonds is 3. The van der Waals surface area contributed by atoms with Crippen LogP contribution in [0.25, 0.3) is 0 Å². The van der Waals surface area contributed by atoms with Gasteiger partial charge in [0.2, 0.25) is 5.95 Å². The van der Waals surface area contributed by atoms with Gasteiger partial charge in [-0.2, -0.15) is 10.1 Å². The maximum absolute atomic E-state index is 14.1. The Bertz CT molecular complexity index is 1020. The number of piperazine rings is 1. The second-order valence-corrected chi connectivity index (χ2v) is 7.59. The number of benzene rings is 2. The van der Waals surface area contributed by atoms with Crippen LogP contribution in [0.1, 0.15) is 12.5 Å². The van der Waals surface area contributed by atoms with E-state index in [2.05, 4.69) is 56.1 Å². The van der Waals surface area contributed by atoms with Crippen molar-refractivity contribution in [3.63, 3.8) is 0 Å². The molecule has 1 saturated heterocycles. The van der Waals surface area contributed by atoms with E-state index in [1.54, 1.807) is 12.3 Å². The highest BCUT2D eigenvalue weighted by atomic mass is 19.1. The summed E-state index contributed by atoms with van der Waals surface area (Å²) in [6.07, 6.45) is 2.73. The van der Waals surface area contributed by atoms with Gasteiger partial charge in [0, 0.05) is 37.9 Å². The Hall–Kier alpha value is -3.22. The molecule has 5 rings (SSSR count). The van der Waals surface area contributed by atoms with Crippen molar-refractivity contribution in [1.29, 1.82) is 0 Å². The lowest BCUT2D eigenvalue weighted by atomic mass is 10.1. The third-order valence-corrected chi connectivity index (χ3v) is 5.74. The van der Waals surface area contributed by atoms with Crippen molar-refractivity contribution < 1.29 is 4.39 Å². The van der Waals surface area contributed by atoms with Gasteiger partial charge in [0.15, 0.2) is 5.82 Å². The first kappa shape index (κ1) is 17.8. The molecule has 148 valence electrons. The molecule has 1 unspecified atom stereocenters. The fourth-order valence-corrected chi connectivity index (χ4v) is 4.31. The van der Waals surface area contributed by atoms with E-state index in [0.717, 1.165) is 38.4 Å². The maximum atomic E-state index is 14.1. The van der Waals surface area contributed by atoms with Crippen molar-refractivity contribution in [2.45, 2.75) is 19.4 Å². The van der Waals surface area contributed by atoms with Crippen LogP contribution in [0.15, 0.2) is 54.7 Å². The van der Waals surface area contributed by atoms with Gasteiger partial charge in [-0.05, 0) is 37.1 Å². The van der Waals surface area contributed by atoms with Gasteiger partial charge in [-0.15, -0.1) is 5.10 Å². The summed E-state index contributed by atoms with van der Waals surface area (Å²) in [6, 6.07) is 15.7. The van der Waals surface area contributed by atoms with E-state index < -0.39 is 0 Å². The Morgan fingerprint density at radius 2 is 1.59 bits per heavy atom. The fraction of sp³-hybridized carbons (Fsp3) is 0.318. The van der Waals surface area contributed by atoms with Gasteiger partial charge < -0.3 is 14.7 Å². The zero-order chi connectivity index (χ0) is 19.8. The summed E-state index contributed by atoms with van der Waals surface area (Å²) in [4.78, 5) is 11.3. The number of nitrogens with zero attached hydrogens (tertiary/aromatic N) is 6. The first-order valence-electron chi connectivity index (χ1n) is 10.0. The van der Waals surface area contributed by atoms with Crippen LogP contribution in [0.5, 0.6) is 0 Å². The van der Waals surface area contributed by atoms with Crippen LogP contribution < -0.4 is 14.7 Å². The number of halogens is 1. The quantitative estimate of drug-likeness (QED) is 0.683. The topological polar surface area (TPSA) is 48.4 Å². The fourth-order valence-electron chi connectivity index (χ4n) is 4.31.